The molecule has 2 unspecified atom stereocenters. The molecule has 2 aliphatic rings. The highest BCUT2D eigenvalue weighted by atomic mass is 32.1. The van der Waals surface area contributed by atoms with Crippen LogP contribution in [0, 0.1) is 0 Å². The molecule has 2 aliphatic heterocycles. The van der Waals surface area contributed by atoms with Gasteiger partial charge in [0.25, 0.3) is 0 Å². The van der Waals surface area contributed by atoms with E-state index in [4.69, 9.17) is 4.74 Å². The summed E-state index contributed by atoms with van der Waals surface area (Å²) in [6.45, 7) is 0. The second-order valence-corrected chi connectivity index (χ2v) is 7.08. The second kappa shape index (κ2) is 5.06. The van der Waals surface area contributed by atoms with Gasteiger partial charge in [0, 0.05) is 43.7 Å². The van der Waals surface area contributed by atoms with Crippen LogP contribution in [-0.2, 0) is 5.72 Å². The number of rotatable bonds is 2. The Bertz CT molecular complexity index is 940. The van der Waals surface area contributed by atoms with E-state index in [1.165, 1.54) is 11.3 Å². The lowest BCUT2D eigenvalue weighted by Gasteiger charge is -2.50. The quantitative estimate of drug-likeness (QED) is 0.769. The van der Waals surface area contributed by atoms with Crippen LogP contribution in [0.15, 0.2) is 48.4 Å². The summed E-state index contributed by atoms with van der Waals surface area (Å²) < 4.78 is 8.24. The van der Waals surface area contributed by atoms with Crippen molar-refractivity contribution in [1.29, 1.82) is 0 Å². The number of carbonyl (C=O) groups excluding carboxylic acids is 1. The minimum atomic E-state index is -0.829. The highest BCUT2D eigenvalue weighted by molar-refractivity contribution is 7.09. The predicted octanol–water partition coefficient (Wildman–Crippen LogP) is 2.66. The van der Waals surface area contributed by atoms with Crippen molar-refractivity contribution in [3.05, 3.63) is 58.8 Å². The van der Waals surface area contributed by atoms with E-state index < -0.39 is 5.72 Å². The van der Waals surface area contributed by atoms with Gasteiger partial charge in [0.1, 0.15) is 5.75 Å². The topological polar surface area (TPSA) is 72.3 Å². The molecule has 2 aromatic heterocycles. The molecule has 1 fully saturated rings. The fourth-order valence-corrected chi connectivity index (χ4v) is 4.35. The van der Waals surface area contributed by atoms with Crippen molar-refractivity contribution in [3.8, 4) is 11.4 Å². The third-order valence-electron chi connectivity index (χ3n) is 4.86. The van der Waals surface area contributed by atoms with E-state index in [0.717, 1.165) is 21.9 Å². The van der Waals surface area contributed by atoms with Gasteiger partial charge in [-0.25, -0.2) is 9.48 Å². The molecule has 5 rings (SSSR count). The van der Waals surface area contributed by atoms with Crippen LogP contribution in [0.3, 0.4) is 0 Å². The van der Waals surface area contributed by atoms with Gasteiger partial charge in [0.2, 0.25) is 5.72 Å². The Morgan fingerprint density at radius 1 is 1.44 bits per heavy atom. The van der Waals surface area contributed by atoms with E-state index in [2.05, 4.69) is 15.4 Å². The lowest BCUT2D eigenvalue weighted by Crippen LogP contribution is -2.62. The smallest absolute Gasteiger partial charge is 0.321 e. The van der Waals surface area contributed by atoms with Crippen LogP contribution >= 0.6 is 11.3 Å². The maximum Gasteiger partial charge on any atom is 0.321 e. The number of benzene rings is 1. The van der Waals surface area contributed by atoms with Crippen LogP contribution in [0.5, 0.6) is 5.75 Å². The zero-order valence-corrected chi connectivity index (χ0v) is 14.2. The molecule has 3 aromatic rings. The average Bonchev–Trinajstić information content (AvgIpc) is 3.32. The zero-order chi connectivity index (χ0) is 17.0. The maximum atomic E-state index is 12.5. The fourth-order valence-electron chi connectivity index (χ4n) is 3.54. The Morgan fingerprint density at radius 2 is 2.36 bits per heavy atom. The summed E-state index contributed by atoms with van der Waals surface area (Å²) in [4.78, 5) is 19.2. The van der Waals surface area contributed by atoms with Gasteiger partial charge in [-0.15, -0.1) is 11.3 Å². The van der Waals surface area contributed by atoms with Gasteiger partial charge in [-0.3, -0.25) is 9.88 Å². The van der Waals surface area contributed by atoms with Gasteiger partial charge in [0.05, 0.1) is 22.1 Å². The highest BCUT2D eigenvalue weighted by Crippen LogP contribution is 2.49. The van der Waals surface area contributed by atoms with Crippen LogP contribution in [0.1, 0.15) is 22.9 Å². The Labute approximate surface area is 147 Å². The van der Waals surface area contributed by atoms with Crippen molar-refractivity contribution >= 4 is 17.4 Å². The number of thiazole rings is 1. The predicted molar refractivity (Wildman–Crippen MR) is 91.6 cm³/mol. The fraction of sp³-hybridized carbons (Fsp3) is 0.235. The molecule has 25 heavy (non-hydrogen) atoms. The summed E-state index contributed by atoms with van der Waals surface area (Å²) >= 11 is 1.50. The van der Waals surface area contributed by atoms with E-state index in [1.54, 1.807) is 34.5 Å². The van der Waals surface area contributed by atoms with Crippen LogP contribution in [0.2, 0.25) is 0 Å². The number of nitrogens with zero attached hydrogens (tertiary/aromatic N) is 4. The van der Waals surface area contributed by atoms with Crippen molar-refractivity contribution in [2.45, 2.75) is 18.2 Å². The minimum absolute atomic E-state index is 0.0961. The molecule has 1 aromatic carbocycles. The average molecular weight is 353 g/mol. The molecule has 4 heterocycles. The molecule has 8 heteroatoms. The second-order valence-electron chi connectivity index (χ2n) is 6.19. The molecule has 0 aliphatic carbocycles. The Kier molecular flexibility index (Phi) is 2.93. The maximum absolute atomic E-state index is 12.5. The highest BCUT2D eigenvalue weighted by Gasteiger charge is 2.52. The zero-order valence-electron chi connectivity index (χ0n) is 13.4. The van der Waals surface area contributed by atoms with E-state index >= 15 is 0 Å². The number of fused-ring (bicyclic) bond motifs is 4. The van der Waals surface area contributed by atoms with E-state index in [0.29, 0.717) is 6.42 Å². The van der Waals surface area contributed by atoms with Gasteiger partial charge in [-0.05, 0) is 12.1 Å². The summed E-state index contributed by atoms with van der Waals surface area (Å²) in [7, 11) is 1.76. The number of aromatic nitrogens is 3. The lowest BCUT2D eigenvalue weighted by molar-refractivity contribution is -0.0909. The Morgan fingerprint density at radius 3 is 3.12 bits per heavy atom. The summed E-state index contributed by atoms with van der Waals surface area (Å²) in [6, 6.07) is 7.59. The third kappa shape index (κ3) is 2.00. The summed E-state index contributed by atoms with van der Waals surface area (Å²) in [5.74, 6) is 0.754. The first-order chi connectivity index (χ1) is 12.2. The van der Waals surface area contributed by atoms with Crippen LogP contribution in [-0.4, -0.2) is 32.7 Å². The van der Waals surface area contributed by atoms with Crippen molar-refractivity contribution in [3.63, 3.8) is 0 Å². The summed E-state index contributed by atoms with van der Waals surface area (Å²) in [6.07, 6.45) is 6.05. The minimum Gasteiger partial charge on any atom is -0.462 e. The Hall–Kier alpha value is -2.87. The van der Waals surface area contributed by atoms with Crippen LogP contribution in [0.4, 0.5) is 4.79 Å². The van der Waals surface area contributed by atoms with E-state index in [1.807, 2.05) is 30.5 Å². The third-order valence-corrected chi connectivity index (χ3v) is 5.77. The van der Waals surface area contributed by atoms with Crippen LogP contribution < -0.4 is 10.1 Å². The molecule has 0 saturated carbocycles. The Balaban J connectivity index is 1.66. The van der Waals surface area contributed by atoms with Gasteiger partial charge in [0.15, 0.2) is 0 Å². The molecule has 2 bridgehead atoms. The van der Waals surface area contributed by atoms with E-state index in [9.17, 15) is 4.79 Å². The number of carbonyl (C=O) groups is 1. The number of nitrogens with one attached hydrogen (secondary N) is 1. The molecule has 1 saturated heterocycles. The molecule has 2 atom stereocenters. The van der Waals surface area contributed by atoms with E-state index in [-0.39, 0.29) is 12.1 Å². The first-order valence-corrected chi connectivity index (χ1v) is 8.82. The summed E-state index contributed by atoms with van der Waals surface area (Å²) in [5, 5.41) is 7.34. The SMILES string of the molecule is CN1C(=O)NC2CC1(c1cncs1)Oc1cc(-n3cccn3)ccc12. The van der Waals surface area contributed by atoms with Crippen molar-refractivity contribution in [2.75, 3.05) is 7.05 Å². The monoisotopic (exact) mass is 353 g/mol. The van der Waals surface area contributed by atoms with Gasteiger partial charge < -0.3 is 10.1 Å². The number of hydrogen-bond donors (Lipinski definition) is 1. The van der Waals surface area contributed by atoms with Gasteiger partial charge >= 0.3 is 6.03 Å². The molecule has 0 spiro atoms. The number of amides is 2. The first-order valence-electron chi connectivity index (χ1n) is 7.94. The summed E-state index contributed by atoms with van der Waals surface area (Å²) in [5.41, 5.74) is 2.83. The standard InChI is InChI=1S/C17H15N5O2S/c1-21-16(23)20-13-8-17(21,15-9-18-10-25-15)24-14-7-11(3-4-12(13)14)22-6-2-5-19-22/h2-7,9-10,13H,8H2,1H3,(H,20,23). The molecule has 0 radical (unpaired) electrons. The van der Waals surface area contributed by atoms with Gasteiger partial charge in [-0.1, -0.05) is 6.07 Å². The van der Waals surface area contributed by atoms with Crippen molar-refractivity contribution < 1.29 is 9.53 Å². The number of urea groups is 1. The molecule has 126 valence electrons. The first kappa shape index (κ1) is 14.5. The normalized spacial score (nSPS) is 24.4. The molecule has 7 nitrogen and oxygen atoms in total. The largest absolute Gasteiger partial charge is 0.462 e. The van der Waals surface area contributed by atoms with Gasteiger partial charge in [-0.2, -0.15) is 5.10 Å². The van der Waals surface area contributed by atoms with Crippen LogP contribution in [0.25, 0.3) is 5.69 Å². The van der Waals surface area contributed by atoms with Crippen molar-refractivity contribution in [1.82, 2.24) is 25.0 Å². The van der Waals surface area contributed by atoms with Crippen molar-refractivity contribution in [2.24, 2.45) is 0 Å². The molecular formula is C17H15N5O2S. The number of ether oxygens (including phenoxy) is 1. The number of hydrogen-bond acceptors (Lipinski definition) is 5. The molecule has 2 amide bonds. The molecular weight excluding hydrogens is 338 g/mol. The lowest BCUT2D eigenvalue weighted by atomic mass is 9.89. The molecule has 1 N–H and O–H groups in total.